The van der Waals surface area contributed by atoms with Gasteiger partial charge in [0.1, 0.15) is 17.9 Å². The number of esters is 1. The van der Waals surface area contributed by atoms with Crippen molar-refractivity contribution in [3.05, 3.63) is 133 Å². The van der Waals surface area contributed by atoms with Crippen LogP contribution in [0.25, 0.3) is 22.3 Å². The summed E-state index contributed by atoms with van der Waals surface area (Å²) in [6.45, 7) is 2.61. The quantitative estimate of drug-likeness (QED) is 0.0815. The second-order valence-electron chi connectivity index (χ2n) is 10.4. The molecule has 0 saturated heterocycles. The van der Waals surface area contributed by atoms with Crippen LogP contribution in [0.15, 0.2) is 127 Å². The maximum Gasteiger partial charge on any atom is 0.341 e. The molecule has 0 bridgehead atoms. The number of methoxy groups -OCH3 is 2. The molecule has 7 nitrogen and oxygen atoms in total. The van der Waals surface area contributed by atoms with E-state index in [1.54, 1.807) is 13.2 Å². The van der Waals surface area contributed by atoms with Gasteiger partial charge in [0.15, 0.2) is 0 Å². The summed E-state index contributed by atoms with van der Waals surface area (Å²) in [5.74, 6) is -0.0579. The van der Waals surface area contributed by atoms with Crippen molar-refractivity contribution in [2.24, 2.45) is 0 Å². The van der Waals surface area contributed by atoms with E-state index in [1.807, 2.05) is 48.5 Å². The molecule has 5 rings (SSSR count). The van der Waals surface area contributed by atoms with E-state index >= 15 is 0 Å². The first-order valence-corrected chi connectivity index (χ1v) is 15.3. The van der Waals surface area contributed by atoms with Crippen molar-refractivity contribution in [3.63, 3.8) is 0 Å². The van der Waals surface area contributed by atoms with E-state index in [9.17, 15) is 4.79 Å². The van der Waals surface area contributed by atoms with Crippen molar-refractivity contribution < 1.29 is 28.5 Å². The number of ether oxygens (including phenoxy) is 5. The van der Waals surface area contributed by atoms with E-state index in [-0.39, 0.29) is 6.61 Å². The number of nitrogens with zero attached hydrogens (tertiary/aromatic N) is 1. The molecule has 0 amide bonds. The summed E-state index contributed by atoms with van der Waals surface area (Å²) < 4.78 is 27.1. The van der Waals surface area contributed by atoms with Crippen LogP contribution >= 0.6 is 0 Å². The molecule has 0 aliphatic heterocycles. The summed E-state index contributed by atoms with van der Waals surface area (Å²) in [6, 6.07) is 42.9. The molecule has 236 valence electrons. The Morgan fingerprint density at radius 1 is 0.522 bits per heavy atom. The minimum absolute atomic E-state index is 0.271. The van der Waals surface area contributed by atoms with Crippen LogP contribution in [-0.2, 0) is 18.9 Å². The summed E-state index contributed by atoms with van der Waals surface area (Å²) in [4.78, 5) is 15.1. The molecule has 0 heterocycles. The van der Waals surface area contributed by atoms with Gasteiger partial charge in [-0.15, -0.1) is 0 Å². The predicted octanol–water partition coefficient (Wildman–Crippen LogP) is 8.34. The minimum atomic E-state index is -0.483. The number of carbonyl (C=O) groups excluding carboxylic acids is 1. The van der Waals surface area contributed by atoms with Gasteiger partial charge in [0.2, 0.25) is 0 Å². The summed E-state index contributed by atoms with van der Waals surface area (Å²) in [5, 5.41) is 0. The third-order valence-corrected chi connectivity index (χ3v) is 7.38. The monoisotopic (exact) mass is 617 g/mol. The Labute approximate surface area is 270 Å². The molecule has 46 heavy (non-hydrogen) atoms. The normalized spacial score (nSPS) is 10.8. The van der Waals surface area contributed by atoms with Crippen molar-refractivity contribution in [3.8, 4) is 28.0 Å². The van der Waals surface area contributed by atoms with Crippen molar-refractivity contribution in [2.45, 2.75) is 0 Å². The standard InChI is InChI=1S/C39H39NO6/c1-42-23-24-44-25-26-45-27-28-46-38-22-21-36(29-37(38)39(41)43-2)40(34-17-13-32(14-18-34)30-9-5-3-6-10-30)35-19-15-33(16-20-35)31-11-7-4-8-12-31/h3-22,29H,23-28H2,1-2H3. The highest BCUT2D eigenvalue weighted by Gasteiger charge is 2.19. The molecule has 0 aromatic heterocycles. The number of hydrogen-bond acceptors (Lipinski definition) is 7. The molecule has 0 fully saturated rings. The van der Waals surface area contributed by atoms with Gasteiger partial charge in [0.25, 0.3) is 0 Å². The zero-order chi connectivity index (χ0) is 32.0. The highest BCUT2D eigenvalue weighted by molar-refractivity contribution is 5.95. The van der Waals surface area contributed by atoms with Gasteiger partial charge in [-0.2, -0.15) is 0 Å². The molecule has 0 N–H and O–H groups in total. The molecule has 0 aliphatic carbocycles. The minimum Gasteiger partial charge on any atom is -0.490 e. The highest BCUT2D eigenvalue weighted by Crippen LogP contribution is 2.38. The zero-order valence-corrected chi connectivity index (χ0v) is 26.3. The first-order valence-electron chi connectivity index (χ1n) is 15.3. The topological polar surface area (TPSA) is 66.5 Å². The second-order valence-corrected chi connectivity index (χ2v) is 10.4. The molecule has 5 aromatic carbocycles. The van der Waals surface area contributed by atoms with Crippen LogP contribution in [-0.4, -0.2) is 59.8 Å². The van der Waals surface area contributed by atoms with Crippen LogP contribution in [0.2, 0.25) is 0 Å². The lowest BCUT2D eigenvalue weighted by Gasteiger charge is -2.27. The second kappa shape index (κ2) is 16.9. The smallest absolute Gasteiger partial charge is 0.341 e. The Kier molecular flexibility index (Phi) is 11.9. The number of rotatable bonds is 16. The van der Waals surface area contributed by atoms with E-state index in [1.165, 1.54) is 7.11 Å². The average molecular weight is 618 g/mol. The maximum atomic E-state index is 13.0. The number of benzene rings is 5. The van der Waals surface area contributed by atoms with Crippen molar-refractivity contribution in [1.82, 2.24) is 0 Å². The molecule has 0 atom stereocenters. The molecular formula is C39H39NO6. The van der Waals surface area contributed by atoms with Crippen molar-refractivity contribution >= 4 is 23.0 Å². The molecular weight excluding hydrogens is 578 g/mol. The fraction of sp³-hybridized carbons (Fsp3) is 0.205. The van der Waals surface area contributed by atoms with E-state index in [0.717, 1.165) is 39.3 Å². The van der Waals surface area contributed by atoms with Crippen LogP contribution in [0, 0.1) is 0 Å². The van der Waals surface area contributed by atoms with E-state index in [4.69, 9.17) is 23.7 Å². The number of anilines is 3. The van der Waals surface area contributed by atoms with Gasteiger partial charge in [0, 0.05) is 24.2 Å². The first kappa shape index (κ1) is 32.4. The van der Waals surface area contributed by atoms with Crippen LogP contribution in [0.5, 0.6) is 5.75 Å². The van der Waals surface area contributed by atoms with Crippen molar-refractivity contribution in [2.75, 3.05) is 58.8 Å². The van der Waals surface area contributed by atoms with Crippen LogP contribution in [0.3, 0.4) is 0 Å². The first-order chi connectivity index (χ1) is 22.7. The van der Waals surface area contributed by atoms with Gasteiger partial charge in [-0.3, -0.25) is 0 Å². The molecule has 0 spiro atoms. The average Bonchev–Trinajstić information content (AvgIpc) is 3.12. The third kappa shape index (κ3) is 8.61. The largest absolute Gasteiger partial charge is 0.490 e. The van der Waals surface area contributed by atoms with Crippen LogP contribution < -0.4 is 9.64 Å². The third-order valence-electron chi connectivity index (χ3n) is 7.38. The van der Waals surface area contributed by atoms with Crippen LogP contribution in [0.4, 0.5) is 17.1 Å². The van der Waals surface area contributed by atoms with E-state index in [0.29, 0.717) is 44.3 Å². The lowest BCUT2D eigenvalue weighted by atomic mass is 10.0. The number of carbonyl (C=O) groups is 1. The summed E-state index contributed by atoms with van der Waals surface area (Å²) in [5.41, 5.74) is 7.52. The fourth-order valence-corrected chi connectivity index (χ4v) is 5.04. The summed E-state index contributed by atoms with van der Waals surface area (Å²) in [6.07, 6.45) is 0. The molecule has 0 unspecified atom stereocenters. The Hall–Kier alpha value is -4.95. The van der Waals surface area contributed by atoms with Gasteiger partial charge >= 0.3 is 5.97 Å². The van der Waals surface area contributed by atoms with Gasteiger partial charge in [-0.05, 0) is 64.7 Å². The lowest BCUT2D eigenvalue weighted by molar-refractivity contribution is 0.0178. The van der Waals surface area contributed by atoms with Gasteiger partial charge in [-0.1, -0.05) is 84.9 Å². The maximum absolute atomic E-state index is 13.0. The zero-order valence-electron chi connectivity index (χ0n) is 26.3. The van der Waals surface area contributed by atoms with E-state index in [2.05, 4.69) is 77.7 Å². The number of hydrogen-bond donors (Lipinski definition) is 0. The Morgan fingerprint density at radius 2 is 0.978 bits per heavy atom. The van der Waals surface area contributed by atoms with Gasteiger partial charge < -0.3 is 28.6 Å². The fourth-order valence-electron chi connectivity index (χ4n) is 5.04. The van der Waals surface area contributed by atoms with Gasteiger partial charge in [-0.25, -0.2) is 4.79 Å². The molecule has 7 heteroatoms. The Bertz CT molecular complexity index is 1560. The Morgan fingerprint density at radius 3 is 1.48 bits per heavy atom. The molecule has 0 saturated carbocycles. The SMILES string of the molecule is COCCOCCOCCOc1ccc(N(c2ccc(-c3ccccc3)cc2)c2ccc(-c3ccccc3)cc2)cc1C(=O)OC. The molecule has 0 radical (unpaired) electrons. The van der Waals surface area contributed by atoms with Crippen LogP contribution in [0.1, 0.15) is 10.4 Å². The van der Waals surface area contributed by atoms with Gasteiger partial charge in [0.05, 0.1) is 40.1 Å². The summed E-state index contributed by atoms with van der Waals surface area (Å²) in [7, 11) is 3.00. The van der Waals surface area contributed by atoms with Crippen molar-refractivity contribution in [1.29, 1.82) is 0 Å². The molecule has 0 aliphatic rings. The Balaban J connectivity index is 1.41. The van der Waals surface area contributed by atoms with E-state index < -0.39 is 5.97 Å². The lowest BCUT2D eigenvalue weighted by Crippen LogP contribution is -2.15. The molecule has 5 aromatic rings. The summed E-state index contributed by atoms with van der Waals surface area (Å²) >= 11 is 0. The highest BCUT2D eigenvalue weighted by atomic mass is 16.6. The predicted molar refractivity (Wildman–Crippen MR) is 182 cm³/mol.